The minimum Gasteiger partial charge on any atom is -0.465 e. The number of aryl methyl sites for hydroxylation is 1. The van der Waals surface area contributed by atoms with Crippen LogP contribution in [0, 0.1) is 12.3 Å². The van der Waals surface area contributed by atoms with Gasteiger partial charge in [0.1, 0.15) is 0 Å². The van der Waals surface area contributed by atoms with Crippen LogP contribution in [0.4, 0.5) is 5.69 Å². The van der Waals surface area contributed by atoms with Gasteiger partial charge in [0.05, 0.1) is 12.7 Å². The van der Waals surface area contributed by atoms with Gasteiger partial charge in [-0.1, -0.05) is 20.8 Å². The van der Waals surface area contributed by atoms with E-state index in [4.69, 9.17) is 0 Å². The fourth-order valence-electron chi connectivity index (χ4n) is 1.72. The summed E-state index contributed by atoms with van der Waals surface area (Å²) < 4.78 is 4.65. The zero-order valence-electron chi connectivity index (χ0n) is 12.2. The maximum atomic E-state index is 11.9. The molecule has 1 aromatic rings. The number of carbonyl (C=O) groups is 2. The summed E-state index contributed by atoms with van der Waals surface area (Å²) in [6.45, 7) is 7.89. The molecule has 0 bridgehead atoms. The van der Waals surface area contributed by atoms with Crippen molar-refractivity contribution in [1.82, 2.24) is 0 Å². The summed E-state index contributed by atoms with van der Waals surface area (Å²) in [5.41, 5.74) is 1.99. The molecule has 0 atom stereocenters. The molecule has 0 aromatic heterocycles. The van der Waals surface area contributed by atoms with Crippen molar-refractivity contribution in [2.45, 2.75) is 34.1 Å². The van der Waals surface area contributed by atoms with E-state index in [1.165, 1.54) is 7.11 Å². The van der Waals surface area contributed by atoms with Crippen molar-refractivity contribution in [2.24, 2.45) is 5.41 Å². The van der Waals surface area contributed by atoms with Crippen LogP contribution < -0.4 is 5.32 Å². The molecule has 0 unspecified atom stereocenters. The number of hydrogen-bond acceptors (Lipinski definition) is 3. The highest BCUT2D eigenvalue weighted by Crippen LogP contribution is 2.21. The molecule has 1 aromatic carbocycles. The second-order valence-corrected chi connectivity index (χ2v) is 5.81. The van der Waals surface area contributed by atoms with Gasteiger partial charge < -0.3 is 10.1 Å². The minimum atomic E-state index is -0.379. The van der Waals surface area contributed by atoms with Gasteiger partial charge in [0.25, 0.3) is 0 Å². The molecule has 1 amide bonds. The molecular formula is C15H21NO3. The topological polar surface area (TPSA) is 55.4 Å². The predicted molar refractivity (Wildman–Crippen MR) is 75.2 cm³/mol. The third-order valence-electron chi connectivity index (χ3n) is 2.61. The maximum absolute atomic E-state index is 11.9. The highest BCUT2D eigenvalue weighted by molar-refractivity contribution is 5.94. The second kappa shape index (κ2) is 5.87. The Morgan fingerprint density at radius 1 is 1.26 bits per heavy atom. The van der Waals surface area contributed by atoms with Crippen LogP contribution in [-0.4, -0.2) is 19.0 Å². The largest absolute Gasteiger partial charge is 0.465 e. The van der Waals surface area contributed by atoms with Gasteiger partial charge in [-0.05, 0) is 36.1 Å². The van der Waals surface area contributed by atoms with E-state index in [2.05, 4.69) is 10.1 Å². The second-order valence-electron chi connectivity index (χ2n) is 5.81. The Labute approximate surface area is 114 Å². The fraction of sp³-hybridized carbons (Fsp3) is 0.467. The Hall–Kier alpha value is -1.84. The molecule has 0 aliphatic heterocycles. The van der Waals surface area contributed by atoms with Crippen LogP contribution in [0.3, 0.4) is 0 Å². The Morgan fingerprint density at radius 3 is 2.37 bits per heavy atom. The van der Waals surface area contributed by atoms with E-state index in [1.54, 1.807) is 18.2 Å². The Kier molecular flexibility index (Phi) is 4.70. The summed E-state index contributed by atoms with van der Waals surface area (Å²) in [7, 11) is 1.34. The van der Waals surface area contributed by atoms with Crippen molar-refractivity contribution < 1.29 is 14.3 Å². The van der Waals surface area contributed by atoms with Crippen LogP contribution in [0.15, 0.2) is 18.2 Å². The molecular weight excluding hydrogens is 242 g/mol. The smallest absolute Gasteiger partial charge is 0.337 e. The summed E-state index contributed by atoms with van der Waals surface area (Å²) >= 11 is 0. The first kappa shape index (κ1) is 15.2. The van der Waals surface area contributed by atoms with Gasteiger partial charge in [0, 0.05) is 12.1 Å². The van der Waals surface area contributed by atoms with Crippen molar-refractivity contribution in [3.63, 3.8) is 0 Å². The lowest BCUT2D eigenvalue weighted by atomic mass is 9.92. The first-order valence-corrected chi connectivity index (χ1v) is 6.22. The fourth-order valence-corrected chi connectivity index (χ4v) is 1.72. The van der Waals surface area contributed by atoms with Crippen molar-refractivity contribution in [2.75, 3.05) is 12.4 Å². The van der Waals surface area contributed by atoms with Crippen molar-refractivity contribution in [3.05, 3.63) is 29.3 Å². The van der Waals surface area contributed by atoms with Crippen LogP contribution >= 0.6 is 0 Å². The summed E-state index contributed by atoms with van der Waals surface area (Å²) in [5, 5.41) is 2.86. The van der Waals surface area contributed by atoms with Crippen molar-refractivity contribution in [3.8, 4) is 0 Å². The molecule has 4 heteroatoms. The molecule has 1 N–H and O–H groups in total. The molecule has 0 saturated heterocycles. The Bertz CT molecular complexity index is 487. The van der Waals surface area contributed by atoms with E-state index in [9.17, 15) is 9.59 Å². The lowest BCUT2D eigenvalue weighted by molar-refractivity contribution is -0.117. The molecule has 4 nitrogen and oxygen atoms in total. The van der Waals surface area contributed by atoms with Crippen LogP contribution in [0.25, 0.3) is 0 Å². The number of hydrogen-bond donors (Lipinski definition) is 1. The molecule has 104 valence electrons. The number of nitrogens with one attached hydrogen (secondary N) is 1. The number of benzene rings is 1. The van der Waals surface area contributed by atoms with Gasteiger partial charge in [-0.3, -0.25) is 4.79 Å². The summed E-state index contributed by atoms with van der Waals surface area (Å²) in [6, 6.07) is 5.08. The monoisotopic (exact) mass is 263 g/mol. The normalized spacial score (nSPS) is 11.0. The summed E-state index contributed by atoms with van der Waals surface area (Å²) in [5.74, 6) is -0.405. The highest BCUT2D eigenvalue weighted by atomic mass is 16.5. The molecule has 0 fully saturated rings. The number of carbonyl (C=O) groups excluding carboxylic acids is 2. The van der Waals surface area contributed by atoms with Gasteiger partial charge in [-0.2, -0.15) is 0 Å². The number of rotatable bonds is 3. The minimum absolute atomic E-state index is 0.0265. The predicted octanol–water partition coefficient (Wildman–Crippen LogP) is 3.16. The van der Waals surface area contributed by atoms with Gasteiger partial charge in [0.2, 0.25) is 5.91 Å². The average molecular weight is 263 g/mol. The number of ether oxygens (including phenoxy) is 1. The quantitative estimate of drug-likeness (QED) is 0.852. The first-order valence-electron chi connectivity index (χ1n) is 6.22. The van der Waals surface area contributed by atoms with Crippen LogP contribution in [-0.2, 0) is 9.53 Å². The van der Waals surface area contributed by atoms with Crippen LogP contribution in [0.5, 0.6) is 0 Å². The van der Waals surface area contributed by atoms with E-state index < -0.39 is 0 Å². The third kappa shape index (κ3) is 4.73. The first-order chi connectivity index (χ1) is 8.73. The molecule has 1 rings (SSSR count). The molecule has 0 saturated carbocycles. The highest BCUT2D eigenvalue weighted by Gasteiger charge is 2.16. The van der Waals surface area contributed by atoms with E-state index in [1.807, 2.05) is 27.7 Å². The zero-order valence-corrected chi connectivity index (χ0v) is 12.2. The summed E-state index contributed by atoms with van der Waals surface area (Å²) in [4.78, 5) is 23.2. The van der Waals surface area contributed by atoms with Crippen LogP contribution in [0.1, 0.15) is 43.1 Å². The molecule has 0 aliphatic carbocycles. The standard InChI is InChI=1S/C15H21NO3/c1-10-8-11(14(18)19-5)6-7-12(10)16-13(17)9-15(2,3)4/h6-8H,9H2,1-5H3,(H,16,17). The number of methoxy groups -OCH3 is 1. The van der Waals surface area contributed by atoms with Crippen molar-refractivity contribution >= 4 is 17.6 Å². The van der Waals surface area contributed by atoms with Crippen molar-refractivity contribution in [1.29, 1.82) is 0 Å². The molecule has 19 heavy (non-hydrogen) atoms. The Morgan fingerprint density at radius 2 is 1.89 bits per heavy atom. The summed E-state index contributed by atoms with van der Waals surface area (Å²) in [6.07, 6.45) is 0.450. The molecule has 0 heterocycles. The van der Waals surface area contributed by atoms with E-state index in [-0.39, 0.29) is 17.3 Å². The van der Waals surface area contributed by atoms with Gasteiger partial charge >= 0.3 is 5.97 Å². The van der Waals surface area contributed by atoms with Gasteiger partial charge in [0.15, 0.2) is 0 Å². The lowest BCUT2D eigenvalue weighted by Gasteiger charge is -2.18. The third-order valence-corrected chi connectivity index (χ3v) is 2.61. The van der Waals surface area contributed by atoms with Gasteiger partial charge in [-0.25, -0.2) is 4.79 Å². The molecule has 0 aliphatic rings. The van der Waals surface area contributed by atoms with Gasteiger partial charge in [-0.15, -0.1) is 0 Å². The number of esters is 1. The van der Waals surface area contributed by atoms with Crippen LogP contribution in [0.2, 0.25) is 0 Å². The Balaban J connectivity index is 2.81. The average Bonchev–Trinajstić information content (AvgIpc) is 2.28. The zero-order chi connectivity index (χ0) is 14.6. The molecule has 0 spiro atoms. The van der Waals surface area contributed by atoms with E-state index in [0.29, 0.717) is 12.0 Å². The SMILES string of the molecule is COC(=O)c1ccc(NC(=O)CC(C)(C)C)c(C)c1. The maximum Gasteiger partial charge on any atom is 0.337 e. The molecule has 0 radical (unpaired) electrons. The van der Waals surface area contributed by atoms with E-state index >= 15 is 0 Å². The number of anilines is 1. The number of amides is 1. The lowest BCUT2D eigenvalue weighted by Crippen LogP contribution is -2.20. The van der Waals surface area contributed by atoms with E-state index in [0.717, 1.165) is 11.3 Å².